The minimum atomic E-state index is -1.08. The third-order valence-corrected chi connectivity index (χ3v) is 1.33. The topological polar surface area (TPSA) is 40.1 Å². The molecule has 0 aliphatic heterocycles. The van der Waals surface area contributed by atoms with Gasteiger partial charge in [-0.1, -0.05) is 24.3 Å². The van der Waals surface area contributed by atoms with E-state index >= 15 is 0 Å². The van der Waals surface area contributed by atoms with Gasteiger partial charge < -0.3 is 9.90 Å². The van der Waals surface area contributed by atoms with Crippen LogP contribution in [0.15, 0.2) is 24.3 Å². The van der Waals surface area contributed by atoms with Crippen molar-refractivity contribution in [2.45, 2.75) is 32.6 Å². The van der Waals surface area contributed by atoms with Crippen LogP contribution < -0.4 is 5.11 Å². The van der Waals surface area contributed by atoms with Crippen molar-refractivity contribution >= 4 is 5.97 Å². The van der Waals surface area contributed by atoms with E-state index in [0.29, 0.717) is 0 Å². The van der Waals surface area contributed by atoms with Crippen LogP contribution in [0.1, 0.15) is 32.6 Å². The van der Waals surface area contributed by atoms with Gasteiger partial charge in [-0.3, -0.25) is 0 Å². The van der Waals surface area contributed by atoms with Gasteiger partial charge in [-0.2, -0.15) is 0 Å². The van der Waals surface area contributed by atoms with Crippen LogP contribution in [-0.4, -0.2) is 5.97 Å². The van der Waals surface area contributed by atoms with Crippen LogP contribution in [0, 0.1) is 0 Å². The van der Waals surface area contributed by atoms with E-state index in [-0.39, 0.29) is 19.5 Å². The first-order chi connectivity index (χ1) is 5.73. The molecular weight excluding hydrogens is 255 g/mol. The van der Waals surface area contributed by atoms with Crippen LogP contribution in [-0.2, 0) is 24.3 Å². The van der Waals surface area contributed by atoms with Crippen molar-refractivity contribution in [3.05, 3.63) is 24.3 Å². The van der Waals surface area contributed by atoms with Gasteiger partial charge in [0.25, 0.3) is 0 Å². The predicted molar refractivity (Wildman–Crippen MR) is 47.4 cm³/mol. The Hall–Kier alpha value is -0.427. The fraction of sp³-hybridized carbons (Fsp3) is 0.500. The Bertz CT molecular complexity index is 144. The van der Waals surface area contributed by atoms with Crippen LogP contribution in [0.5, 0.6) is 0 Å². The molecule has 2 nitrogen and oxygen atoms in total. The van der Waals surface area contributed by atoms with E-state index in [4.69, 9.17) is 9.90 Å². The van der Waals surface area contributed by atoms with Crippen LogP contribution in [0.3, 0.4) is 0 Å². The van der Waals surface area contributed by atoms with Gasteiger partial charge in [0.1, 0.15) is 0 Å². The Kier molecular flexibility index (Phi) is 13.4. The number of hydrogen-bond donors (Lipinski definition) is 0. The summed E-state index contributed by atoms with van der Waals surface area (Å²) in [7, 11) is 0. The number of carbonyl (C=O) groups excluding carboxylic acids is 1. The van der Waals surface area contributed by atoms with Crippen molar-refractivity contribution in [1.29, 1.82) is 0 Å². The molecule has 0 bridgehead atoms. The quantitative estimate of drug-likeness (QED) is 0.493. The summed E-state index contributed by atoms with van der Waals surface area (Å²) in [6.45, 7) is 0.972. The minimum Gasteiger partial charge on any atom is -0.550 e. The summed E-state index contributed by atoms with van der Waals surface area (Å²) >= 11 is 0. The molecule has 0 N–H and O–H groups in total. The number of carboxylic acids is 1. The Morgan fingerprint density at radius 3 is 1.31 bits per heavy atom. The van der Waals surface area contributed by atoms with E-state index in [2.05, 4.69) is 24.3 Å². The zero-order valence-electron chi connectivity index (χ0n) is 7.79. The molecule has 1 aliphatic rings. The van der Waals surface area contributed by atoms with Crippen molar-refractivity contribution in [3.8, 4) is 0 Å². The van der Waals surface area contributed by atoms with Crippen molar-refractivity contribution in [2.24, 2.45) is 0 Å². The van der Waals surface area contributed by atoms with E-state index in [0.717, 1.165) is 6.92 Å². The van der Waals surface area contributed by atoms with Gasteiger partial charge in [0.2, 0.25) is 0 Å². The van der Waals surface area contributed by atoms with Crippen LogP contribution in [0.25, 0.3) is 0 Å². The first-order valence-corrected chi connectivity index (χ1v) is 4.21. The summed E-state index contributed by atoms with van der Waals surface area (Å²) in [5.41, 5.74) is 0. The van der Waals surface area contributed by atoms with Gasteiger partial charge >= 0.3 is 0 Å². The monoisotopic (exact) mass is 270 g/mol. The molecule has 0 saturated heterocycles. The van der Waals surface area contributed by atoms with E-state index in [1.165, 1.54) is 25.7 Å². The normalized spacial score (nSPS) is 16.7. The Labute approximate surface area is 92.5 Å². The van der Waals surface area contributed by atoms with E-state index in [1.54, 1.807) is 0 Å². The molecule has 1 aliphatic carbocycles. The molecule has 0 aromatic rings. The molecule has 0 atom stereocenters. The molecule has 0 spiro atoms. The molecule has 0 saturated carbocycles. The van der Waals surface area contributed by atoms with E-state index < -0.39 is 5.97 Å². The molecule has 1 radical (unpaired) electrons. The third kappa shape index (κ3) is 18.5. The SMILES string of the molecule is C1=CCC/C=C\CC1.CC(=O)[O-].[Rh]. The van der Waals surface area contributed by atoms with Crippen molar-refractivity contribution < 1.29 is 29.4 Å². The molecule has 0 unspecified atom stereocenters. The summed E-state index contributed by atoms with van der Waals surface area (Å²) in [6.07, 6.45) is 14.0. The summed E-state index contributed by atoms with van der Waals surface area (Å²) in [4.78, 5) is 8.89. The van der Waals surface area contributed by atoms with Crippen molar-refractivity contribution in [2.75, 3.05) is 0 Å². The number of hydrogen-bond acceptors (Lipinski definition) is 2. The van der Waals surface area contributed by atoms with E-state index in [9.17, 15) is 0 Å². The average molecular weight is 270 g/mol. The Morgan fingerprint density at radius 2 is 1.15 bits per heavy atom. The maximum atomic E-state index is 8.89. The standard InChI is InChI=1S/C8H12.C2H4O2.Rh/c1-2-4-6-8-7-5-3-1;1-2(3)4;/h1-2,7-8H,3-6H2;1H3,(H,3,4);/p-1/b2-1-,8-7?;;. The number of carboxylic acid groups (broad SMARTS) is 1. The summed E-state index contributed by atoms with van der Waals surface area (Å²) in [5, 5.41) is 8.89. The molecule has 77 valence electrons. The maximum Gasteiger partial charge on any atom is 0.0383 e. The number of rotatable bonds is 0. The summed E-state index contributed by atoms with van der Waals surface area (Å²) < 4.78 is 0. The van der Waals surface area contributed by atoms with Gasteiger partial charge in [0.05, 0.1) is 0 Å². The predicted octanol–water partition coefficient (Wildman–Crippen LogP) is 1.43. The van der Waals surface area contributed by atoms with Crippen LogP contribution in [0.2, 0.25) is 0 Å². The fourth-order valence-electron chi connectivity index (χ4n) is 0.856. The molecular formula is C10H15O2Rh-. The second-order valence-electron chi connectivity index (χ2n) is 2.59. The first-order valence-electron chi connectivity index (χ1n) is 4.21. The smallest absolute Gasteiger partial charge is 0.0383 e. The fourth-order valence-corrected chi connectivity index (χ4v) is 0.856. The number of aliphatic carboxylic acids is 1. The van der Waals surface area contributed by atoms with Crippen molar-refractivity contribution in [3.63, 3.8) is 0 Å². The molecule has 0 fully saturated rings. The van der Waals surface area contributed by atoms with Crippen LogP contribution in [0.4, 0.5) is 0 Å². The molecule has 3 heteroatoms. The summed E-state index contributed by atoms with van der Waals surface area (Å²) in [6, 6.07) is 0. The van der Waals surface area contributed by atoms with Gasteiger partial charge in [-0.15, -0.1) is 0 Å². The molecule has 0 amide bonds. The summed E-state index contributed by atoms with van der Waals surface area (Å²) in [5.74, 6) is -1.08. The van der Waals surface area contributed by atoms with E-state index in [1.807, 2.05) is 0 Å². The second-order valence-corrected chi connectivity index (χ2v) is 2.59. The van der Waals surface area contributed by atoms with Gasteiger partial charge in [-0.25, -0.2) is 0 Å². The van der Waals surface area contributed by atoms with Crippen molar-refractivity contribution in [1.82, 2.24) is 0 Å². The van der Waals surface area contributed by atoms with Crippen LogP contribution >= 0.6 is 0 Å². The molecule has 13 heavy (non-hydrogen) atoms. The molecule has 1 rings (SSSR count). The Morgan fingerprint density at radius 1 is 1.00 bits per heavy atom. The Balaban J connectivity index is 0. The molecule has 0 heterocycles. The van der Waals surface area contributed by atoms with Gasteiger partial charge in [0.15, 0.2) is 0 Å². The molecule has 0 aromatic carbocycles. The maximum absolute atomic E-state index is 8.89. The first kappa shape index (κ1) is 15.1. The minimum absolute atomic E-state index is 0. The average Bonchev–Trinajstić information content (AvgIpc) is 1.82. The second kappa shape index (κ2) is 11.6. The number of allylic oxidation sites excluding steroid dienone is 4. The number of carbonyl (C=O) groups is 1. The zero-order chi connectivity index (χ0) is 9.23. The van der Waals surface area contributed by atoms with Gasteiger partial charge in [-0.05, 0) is 32.6 Å². The third-order valence-electron chi connectivity index (χ3n) is 1.33. The molecule has 0 aromatic heterocycles. The van der Waals surface area contributed by atoms with Gasteiger partial charge in [0, 0.05) is 25.4 Å². The zero-order valence-corrected chi connectivity index (χ0v) is 9.43. The largest absolute Gasteiger partial charge is 0.550 e.